The van der Waals surface area contributed by atoms with Gasteiger partial charge in [-0.1, -0.05) is 13.3 Å². The molecule has 2 amide bonds. The predicted molar refractivity (Wildman–Crippen MR) is 113 cm³/mol. The van der Waals surface area contributed by atoms with Gasteiger partial charge >= 0.3 is 0 Å². The lowest BCUT2D eigenvalue weighted by atomic mass is 9.84. The van der Waals surface area contributed by atoms with Gasteiger partial charge in [0.25, 0.3) is 5.91 Å². The molecule has 0 bridgehead atoms. The lowest BCUT2D eigenvalue weighted by Gasteiger charge is -2.38. The summed E-state index contributed by atoms with van der Waals surface area (Å²) in [5, 5.41) is 0. The summed E-state index contributed by atoms with van der Waals surface area (Å²) in [6.07, 6.45) is 4.88. The van der Waals surface area contributed by atoms with E-state index < -0.39 is 10.0 Å². The second-order valence-electron chi connectivity index (χ2n) is 8.86. The molecule has 1 saturated carbocycles. The molecule has 0 radical (unpaired) electrons. The van der Waals surface area contributed by atoms with Gasteiger partial charge in [0.2, 0.25) is 15.9 Å². The molecule has 0 aromatic heterocycles. The van der Waals surface area contributed by atoms with Crippen LogP contribution in [0.1, 0.15) is 49.4 Å². The number of piperidine rings is 1. The lowest BCUT2D eigenvalue weighted by Crippen LogP contribution is -2.52. The summed E-state index contributed by atoms with van der Waals surface area (Å²) in [7, 11) is -3.51. The maximum atomic E-state index is 12.9. The number of hydrogen-bond acceptors (Lipinski definition) is 4. The van der Waals surface area contributed by atoms with Gasteiger partial charge < -0.3 is 9.80 Å². The molecule has 2 saturated heterocycles. The van der Waals surface area contributed by atoms with E-state index in [4.69, 9.17) is 0 Å². The third-order valence-electron chi connectivity index (χ3n) is 6.81. The standard InChI is InChI=1S/C22H31N3O4S/c1-17-9-11-25(12-10-17)30(28,29)20-7-5-19(6-8-20)22(27)24-15-13-23(14-16-24)21(26)18-3-2-4-18/h5-8,17-18H,2-4,9-16H2,1H3. The van der Waals surface area contributed by atoms with Crippen LogP contribution in [0, 0.1) is 11.8 Å². The highest BCUT2D eigenvalue weighted by Crippen LogP contribution is 2.29. The maximum Gasteiger partial charge on any atom is 0.253 e. The molecule has 1 aromatic carbocycles. The van der Waals surface area contributed by atoms with Crippen LogP contribution in [0.2, 0.25) is 0 Å². The number of piperazine rings is 1. The molecule has 30 heavy (non-hydrogen) atoms. The molecule has 3 aliphatic rings. The van der Waals surface area contributed by atoms with Gasteiger partial charge in [0.15, 0.2) is 0 Å². The molecular weight excluding hydrogens is 402 g/mol. The molecule has 3 fully saturated rings. The second-order valence-corrected chi connectivity index (χ2v) is 10.8. The Morgan fingerprint density at radius 2 is 1.40 bits per heavy atom. The summed E-state index contributed by atoms with van der Waals surface area (Å²) in [4.78, 5) is 29.1. The van der Waals surface area contributed by atoms with E-state index in [9.17, 15) is 18.0 Å². The van der Waals surface area contributed by atoms with Gasteiger partial charge in [-0.3, -0.25) is 9.59 Å². The summed E-state index contributed by atoms with van der Waals surface area (Å²) >= 11 is 0. The third-order valence-corrected chi connectivity index (χ3v) is 8.73. The minimum absolute atomic E-state index is 0.110. The fraction of sp³-hybridized carbons (Fsp3) is 0.636. The van der Waals surface area contributed by atoms with Crippen LogP contribution in [0.25, 0.3) is 0 Å². The number of benzene rings is 1. The summed E-state index contributed by atoms with van der Waals surface area (Å²) in [5.74, 6) is 0.863. The Hall–Kier alpha value is -1.93. The number of hydrogen-bond donors (Lipinski definition) is 0. The fourth-order valence-electron chi connectivity index (χ4n) is 4.37. The van der Waals surface area contributed by atoms with Crippen molar-refractivity contribution in [1.82, 2.24) is 14.1 Å². The van der Waals surface area contributed by atoms with Crippen LogP contribution in [0.3, 0.4) is 0 Å². The zero-order valence-electron chi connectivity index (χ0n) is 17.6. The van der Waals surface area contributed by atoms with Crippen molar-refractivity contribution in [1.29, 1.82) is 0 Å². The third kappa shape index (κ3) is 4.25. The fourth-order valence-corrected chi connectivity index (χ4v) is 5.84. The van der Waals surface area contributed by atoms with E-state index in [2.05, 4.69) is 6.92 Å². The first kappa shape index (κ1) is 21.3. The minimum Gasteiger partial charge on any atom is -0.339 e. The molecule has 0 N–H and O–H groups in total. The molecule has 2 aliphatic heterocycles. The summed E-state index contributed by atoms with van der Waals surface area (Å²) in [5.41, 5.74) is 0.486. The van der Waals surface area contributed by atoms with Gasteiger partial charge in [-0.2, -0.15) is 4.31 Å². The molecule has 0 spiro atoms. The Morgan fingerprint density at radius 1 is 0.833 bits per heavy atom. The first-order valence-electron chi connectivity index (χ1n) is 11.0. The van der Waals surface area contributed by atoms with Crippen LogP contribution in [0.15, 0.2) is 29.2 Å². The van der Waals surface area contributed by atoms with E-state index in [1.165, 1.54) is 12.1 Å². The SMILES string of the molecule is CC1CCN(S(=O)(=O)c2ccc(C(=O)N3CCN(C(=O)C4CCC4)CC3)cc2)CC1. The van der Waals surface area contributed by atoms with Crippen molar-refractivity contribution in [2.75, 3.05) is 39.3 Å². The predicted octanol–water partition coefficient (Wildman–Crippen LogP) is 2.19. The molecular formula is C22H31N3O4S. The largest absolute Gasteiger partial charge is 0.339 e. The van der Waals surface area contributed by atoms with Crippen LogP contribution in [-0.2, 0) is 14.8 Å². The van der Waals surface area contributed by atoms with Crippen LogP contribution in [-0.4, -0.2) is 73.6 Å². The van der Waals surface area contributed by atoms with E-state index in [-0.39, 0.29) is 22.6 Å². The van der Waals surface area contributed by atoms with E-state index >= 15 is 0 Å². The molecule has 4 rings (SSSR count). The van der Waals surface area contributed by atoms with E-state index in [0.29, 0.717) is 50.7 Å². The van der Waals surface area contributed by atoms with Crippen molar-refractivity contribution in [3.63, 3.8) is 0 Å². The zero-order valence-corrected chi connectivity index (χ0v) is 18.4. The first-order valence-corrected chi connectivity index (χ1v) is 12.5. The molecule has 1 aromatic rings. The van der Waals surface area contributed by atoms with E-state index in [1.54, 1.807) is 21.3 Å². The highest BCUT2D eigenvalue weighted by Gasteiger charge is 2.32. The summed E-state index contributed by atoms with van der Waals surface area (Å²) in [6, 6.07) is 6.29. The molecule has 2 heterocycles. The van der Waals surface area contributed by atoms with Crippen LogP contribution in [0.5, 0.6) is 0 Å². The Morgan fingerprint density at radius 3 is 1.93 bits per heavy atom. The maximum absolute atomic E-state index is 12.9. The molecule has 7 nitrogen and oxygen atoms in total. The number of rotatable bonds is 4. The number of carbonyl (C=O) groups is 2. The van der Waals surface area contributed by atoms with Crippen LogP contribution < -0.4 is 0 Å². The van der Waals surface area contributed by atoms with Crippen molar-refractivity contribution in [2.45, 2.75) is 43.9 Å². The van der Waals surface area contributed by atoms with Gasteiger partial charge in [0, 0.05) is 50.7 Å². The van der Waals surface area contributed by atoms with Gasteiger partial charge in [-0.25, -0.2) is 8.42 Å². The van der Waals surface area contributed by atoms with Crippen molar-refractivity contribution >= 4 is 21.8 Å². The van der Waals surface area contributed by atoms with Crippen molar-refractivity contribution < 1.29 is 18.0 Å². The Labute approximate surface area is 179 Å². The Bertz CT molecular complexity index is 879. The van der Waals surface area contributed by atoms with Crippen LogP contribution >= 0.6 is 0 Å². The van der Waals surface area contributed by atoms with Gasteiger partial charge in [-0.15, -0.1) is 0 Å². The Kier molecular flexibility index (Phi) is 6.16. The normalized spacial score (nSPS) is 22.0. The quantitative estimate of drug-likeness (QED) is 0.729. The second kappa shape index (κ2) is 8.67. The summed E-state index contributed by atoms with van der Waals surface area (Å²) in [6.45, 7) is 5.42. The summed E-state index contributed by atoms with van der Waals surface area (Å²) < 4.78 is 27.3. The van der Waals surface area contributed by atoms with Crippen molar-refractivity contribution in [2.24, 2.45) is 11.8 Å². The first-order chi connectivity index (χ1) is 14.4. The molecule has 8 heteroatoms. The molecule has 164 valence electrons. The van der Waals surface area contributed by atoms with Crippen molar-refractivity contribution in [3.8, 4) is 0 Å². The lowest BCUT2D eigenvalue weighted by molar-refractivity contribution is -0.139. The molecule has 0 atom stereocenters. The number of nitrogens with zero attached hydrogens (tertiary/aromatic N) is 3. The minimum atomic E-state index is -3.51. The van der Waals surface area contributed by atoms with Crippen LogP contribution in [0.4, 0.5) is 0 Å². The van der Waals surface area contributed by atoms with Crippen molar-refractivity contribution in [3.05, 3.63) is 29.8 Å². The van der Waals surface area contributed by atoms with Gasteiger partial charge in [0.1, 0.15) is 0 Å². The van der Waals surface area contributed by atoms with Gasteiger partial charge in [0.05, 0.1) is 4.90 Å². The number of sulfonamides is 1. The van der Waals surface area contributed by atoms with E-state index in [1.807, 2.05) is 4.90 Å². The number of carbonyl (C=O) groups excluding carboxylic acids is 2. The average molecular weight is 434 g/mol. The molecule has 0 unspecified atom stereocenters. The average Bonchev–Trinajstić information content (AvgIpc) is 2.72. The highest BCUT2D eigenvalue weighted by atomic mass is 32.2. The zero-order chi connectivity index (χ0) is 21.3. The Balaban J connectivity index is 1.36. The smallest absolute Gasteiger partial charge is 0.253 e. The highest BCUT2D eigenvalue weighted by molar-refractivity contribution is 7.89. The number of amides is 2. The topological polar surface area (TPSA) is 78.0 Å². The van der Waals surface area contributed by atoms with Gasteiger partial charge in [-0.05, 0) is 55.9 Å². The van der Waals surface area contributed by atoms with E-state index in [0.717, 1.165) is 32.1 Å². The molecule has 1 aliphatic carbocycles. The monoisotopic (exact) mass is 433 g/mol.